The van der Waals surface area contributed by atoms with Crippen molar-refractivity contribution < 1.29 is 18.7 Å². The molecule has 30 heavy (non-hydrogen) atoms. The molecule has 0 spiro atoms. The molecular weight excluding hydrogens is 384 g/mol. The highest BCUT2D eigenvalue weighted by molar-refractivity contribution is 6.07. The fourth-order valence-electron chi connectivity index (χ4n) is 2.93. The summed E-state index contributed by atoms with van der Waals surface area (Å²) in [5, 5.41) is 6.89. The lowest BCUT2D eigenvalue weighted by atomic mass is 10.1. The van der Waals surface area contributed by atoms with Gasteiger partial charge in [0.2, 0.25) is 0 Å². The van der Waals surface area contributed by atoms with Crippen LogP contribution in [0, 0.1) is 13.8 Å². The number of nitrogens with one attached hydrogen (secondary N) is 1. The van der Waals surface area contributed by atoms with Crippen LogP contribution in [0.25, 0.3) is 0 Å². The van der Waals surface area contributed by atoms with Crippen LogP contribution in [-0.2, 0) is 13.2 Å². The number of nitrogens with zero attached hydrogens (tertiary/aromatic N) is 3. The van der Waals surface area contributed by atoms with Gasteiger partial charge in [0, 0.05) is 20.6 Å². The van der Waals surface area contributed by atoms with Crippen molar-refractivity contribution in [3.05, 3.63) is 64.9 Å². The first-order valence-electron chi connectivity index (χ1n) is 9.67. The first-order valence-corrected chi connectivity index (χ1v) is 9.67. The molecule has 8 nitrogen and oxygen atoms in total. The van der Waals surface area contributed by atoms with E-state index >= 15 is 0 Å². The van der Waals surface area contributed by atoms with Gasteiger partial charge in [0.05, 0.1) is 11.9 Å². The van der Waals surface area contributed by atoms with Crippen LogP contribution in [0.15, 0.2) is 40.9 Å². The molecule has 3 rings (SSSR count). The SMILES string of the molecule is CCn1ncc(NC(=O)c2ccc(COc3cc(C)ccc3C)o2)c1C(=O)N(C)C. The predicted molar refractivity (Wildman–Crippen MR) is 113 cm³/mol. The first kappa shape index (κ1) is 21.2. The first-order chi connectivity index (χ1) is 14.3. The van der Waals surface area contributed by atoms with Crippen molar-refractivity contribution in [2.45, 2.75) is 33.9 Å². The number of aryl methyl sites for hydroxylation is 3. The number of carbonyl (C=O) groups excluding carboxylic acids is 2. The lowest BCUT2D eigenvalue weighted by Crippen LogP contribution is -2.26. The van der Waals surface area contributed by atoms with Crippen molar-refractivity contribution in [1.82, 2.24) is 14.7 Å². The summed E-state index contributed by atoms with van der Waals surface area (Å²) in [5.74, 6) is 0.719. The number of anilines is 1. The van der Waals surface area contributed by atoms with Gasteiger partial charge in [0.25, 0.3) is 11.8 Å². The minimum atomic E-state index is -0.462. The Kier molecular flexibility index (Phi) is 6.25. The minimum Gasteiger partial charge on any atom is -0.485 e. The van der Waals surface area contributed by atoms with Gasteiger partial charge in [-0.25, -0.2) is 0 Å². The molecule has 0 unspecified atom stereocenters. The maximum Gasteiger partial charge on any atom is 0.291 e. The molecule has 2 amide bonds. The summed E-state index contributed by atoms with van der Waals surface area (Å²) in [6, 6.07) is 9.25. The van der Waals surface area contributed by atoms with E-state index in [4.69, 9.17) is 9.15 Å². The summed E-state index contributed by atoms with van der Waals surface area (Å²) in [7, 11) is 3.30. The second-order valence-electron chi connectivity index (χ2n) is 7.20. The molecule has 1 N–H and O–H groups in total. The smallest absolute Gasteiger partial charge is 0.291 e. The van der Waals surface area contributed by atoms with Crippen LogP contribution in [0.4, 0.5) is 5.69 Å². The standard InChI is InChI=1S/C22H26N4O4/c1-6-26-20(22(28)25(4)5)17(12-23-26)24-21(27)18-10-9-16(30-18)13-29-19-11-14(2)7-8-15(19)3/h7-12H,6,13H2,1-5H3,(H,24,27). The number of rotatable bonds is 7. The van der Waals surface area contributed by atoms with E-state index in [1.807, 2.05) is 39.0 Å². The van der Waals surface area contributed by atoms with Crippen molar-refractivity contribution in [3.8, 4) is 5.75 Å². The van der Waals surface area contributed by atoms with E-state index < -0.39 is 5.91 Å². The molecule has 0 fully saturated rings. The van der Waals surface area contributed by atoms with E-state index in [-0.39, 0.29) is 18.3 Å². The van der Waals surface area contributed by atoms with Gasteiger partial charge in [-0.2, -0.15) is 5.10 Å². The van der Waals surface area contributed by atoms with Gasteiger partial charge in [-0.3, -0.25) is 14.3 Å². The highest BCUT2D eigenvalue weighted by Crippen LogP contribution is 2.22. The summed E-state index contributed by atoms with van der Waals surface area (Å²) in [6.07, 6.45) is 1.46. The highest BCUT2D eigenvalue weighted by atomic mass is 16.5. The second-order valence-corrected chi connectivity index (χ2v) is 7.20. The topological polar surface area (TPSA) is 89.6 Å². The molecule has 158 valence electrons. The zero-order valence-electron chi connectivity index (χ0n) is 17.9. The van der Waals surface area contributed by atoms with E-state index in [1.54, 1.807) is 30.9 Å². The Hall–Kier alpha value is -3.55. The molecule has 0 bridgehead atoms. The molecule has 0 aliphatic rings. The summed E-state index contributed by atoms with van der Waals surface area (Å²) in [6.45, 7) is 6.55. The van der Waals surface area contributed by atoms with Crippen LogP contribution in [0.5, 0.6) is 5.75 Å². The Morgan fingerprint density at radius 1 is 1.20 bits per heavy atom. The van der Waals surface area contributed by atoms with Gasteiger partial charge >= 0.3 is 0 Å². The average Bonchev–Trinajstić information content (AvgIpc) is 3.35. The van der Waals surface area contributed by atoms with Gasteiger partial charge < -0.3 is 19.4 Å². The maximum atomic E-state index is 12.6. The number of benzene rings is 1. The Labute approximate surface area is 175 Å². The highest BCUT2D eigenvalue weighted by Gasteiger charge is 2.22. The Morgan fingerprint density at radius 3 is 2.67 bits per heavy atom. The second kappa shape index (κ2) is 8.86. The molecule has 0 saturated heterocycles. The molecule has 3 aromatic rings. The van der Waals surface area contributed by atoms with Crippen LogP contribution < -0.4 is 10.1 Å². The van der Waals surface area contributed by atoms with Crippen LogP contribution >= 0.6 is 0 Å². The van der Waals surface area contributed by atoms with Gasteiger partial charge in [-0.05, 0) is 50.1 Å². The maximum absolute atomic E-state index is 12.6. The van der Waals surface area contributed by atoms with Crippen molar-refractivity contribution in [1.29, 1.82) is 0 Å². The normalized spacial score (nSPS) is 10.7. The predicted octanol–water partition coefficient (Wildman–Crippen LogP) is 3.65. The van der Waals surface area contributed by atoms with E-state index in [1.165, 1.54) is 11.1 Å². The van der Waals surface area contributed by atoms with E-state index in [2.05, 4.69) is 10.4 Å². The zero-order valence-corrected chi connectivity index (χ0v) is 17.9. The van der Waals surface area contributed by atoms with E-state index in [9.17, 15) is 9.59 Å². The lowest BCUT2D eigenvalue weighted by molar-refractivity contribution is 0.0816. The Balaban J connectivity index is 1.71. The fourth-order valence-corrected chi connectivity index (χ4v) is 2.93. The number of carbonyl (C=O) groups is 2. The van der Waals surface area contributed by atoms with Gasteiger partial charge in [-0.1, -0.05) is 12.1 Å². The van der Waals surface area contributed by atoms with Gasteiger partial charge in [-0.15, -0.1) is 0 Å². The van der Waals surface area contributed by atoms with Crippen LogP contribution in [0.2, 0.25) is 0 Å². The van der Waals surface area contributed by atoms with Crippen LogP contribution in [0.3, 0.4) is 0 Å². The van der Waals surface area contributed by atoms with Gasteiger partial charge in [0.1, 0.15) is 23.8 Å². The van der Waals surface area contributed by atoms with E-state index in [0.717, 1.165) is 16.9 Å². The van der Waals surface area contributed by atoms with Crippen molar-refractivity contribution in [3.63, 3.8) is 0 Å². The van der Waals surface area contributed by atoms with Crippen molar-refractivity contribution >= 4 is 17.5 Å². The third kappa shape index (κ3) is 4.53. The van der Waals surface area contributed by atoms with E-state index in [0.29, 0.717) is 23.7 Å². The minimum absolute atomic E-state index is 0.127. The summed E-state index contributed by atoms with van der Waals surface area (Å²) in [4.78, 5) is 26.5. The third-order valence-corrected chi connectivity index (χ3v) is 4.59. The fraction of sp³-hybridized carbons (Fsp3) is 0.318. The molecule has 2 aromatic heterocycles. The monoisotopic (exact) mass is 410 g/mol. The molecule has 0 atom stereocenters. The molecule has 2 heterocycles. The summed E-state index contributed by atoms with van der Waals surface area (Å²) >= 11 is 0. The number of aromatic nitrogens is 2. The third-order valence-electron chi connectivity index (χ3n) is 4.59. The molecule has 8 heteroatoms. The van der Waals surface area contributed by atoms with Crippen molar-refractivity contribution in [2.75, 3.05) is 19.4 Å². The quantitative estimate of drug-likeness (QED) is 0.642. The molecule has 0 saturated carbocycles. The molecule has 0 aliphatic carbocycles. The summed E-state index contributed by atoms with van der Waals surface area (Å²) < 4.78 is 13.0. The molecular formula is C22H26N4O4. The number of hydrogen-bond donors (Lipinski definition) is 1. The Bertz CT molecular complexity index is 1070. The van der Waals surface area contributed by atoms with Gasteiger partial charge in [0.15, 0.2) is 5.76 Å². The van der Waals surface area contributed by atoms with Crippen LogP contribution in [-0.4, -0.2) is 40.6 Å². The molecule has 0 radical (unpaired) electrons. The van der Waals surface area contributed by atoms with Crippen LogP contribution in [0.1, 0.15) is 44.9 Å². The Morgan fingerprint density at radius 2 is 1.97 bits per heavy atom. The average molecular weight is 410 g/mol. The summed E-state index contributed by atoms with van der Waals surface area (Å²) in [5.41, 5.74) is 2.79. The molecule has 0 aliphatic heterocycles. The lowest BCUT2D eigenvalue weighted by Gasteiger charge is -2.13. The molecule has 1 aromatic carbocycles. The number of amides is 2. The number of furan rings is 1. The number of ether oxygens (including phenoxy) is 1. The zero-order chi connectivity index (χ0) is 21.8. The van der Waals surface area contributed by atoms with Crippen molar-refractivity contribution in [2.24, 2.45) is 0 Å². The largest absolute Gasteiger partial charge is 0.485 e. The number of hydrogen-bond acceptors (Lipinski definition) is 5.